The van der Waals surface area contributed by atoms with Crippen LogP contribution in [0.4, 0.5) is 17.3 Å². The molecule has 0 spiro atoms. The highest BCUT2D eigenvalue weighted by Crippen LogP contribution is 2.29. The van der Waals surface area contributed by atoms with Crippen LogP contribution in [0.15, 0.2) is 35.7 Å². The van der Waals surface area contributed by atoms with Gasteiger partial charge < -0.3 is 15.5 Å². The third-order valence-corrected chi connectivity index (χ3v) is 5.75. The number of hydrogen-bond acceptors (Lipinski definition) is 8. The van der Waals surface area contributed by atoms with Crippen molar-refractivity contribution in [1.29, 1.82) is 10.9 Å². The van der Waals surface area contributed by atoms with Crippen LogP contribution in [0.5, 0.6) is 0 Å². The summed E-state index contributed by atoms with van der Waals surface area (Å²) in [6.07, 6.45) is 9.08. The molecule has 1 aliphatic carbocycles. The molecule has 1 saturated heterocycles. The van der Waals surface area contributed by atoms with Crippen molar-refractivity contribution >= 4 is 23.7 Å². The van der Waals surface area contributed by atoms with Gasteiger partial charge in [0.25, 0.3) is 0 Å². The molecule has 0 amide bonds. The summed E-state index contributed by atoms with van der Waals surface area (Å²) in [5, 5.41) is 19.2. The average molecular weight is 408 g/mol. The van der Waals surface area contributed by atoms with Gasteiger partial charge in [-0.15, -0.1) is 0 Å². The molecule has 4 rings (SSSR count). The van der Waals surface area contributed by atoms with Crippen molar-refractivity contribution in [2.24, 2.45) is 5.22 Å². The monoisotopic (exact) mass is 407 g/mol. The van der Waals surface area contributed by atoms with E-state index >= 15 is 0 Å². The van der Waals surface area contributed by atoms with E-state index in [1.807, 2.05) is 30.5 Å². The largest absolute Gasteiger partial charge is 0.367 e. The third-order valence-electron chi connectivity index (χ3n) is 5.75. The number of aromatic nitrogens is 2. The number of hydrogen-bond donors (Lipinski definition) is 4. The van der Waals surface area contributed by atoms with Crippen LogP contribution in [0.2, 0.25) is 0 Å². The molecule has 9 nitrogen and oxygen atoms in total. The van der Waals surface area contributed by atoms with E-state index in [2.05, 4.69) is 25.7 Å². The van der Waals surface area contributed by atoms with Crippen molar-refractivity contribution in [3.05, 3.63) is 30.5 Å². The van der Waals surface area contributed by atoms with Gasteiger partial charge in [0.05, 0.1) is 11.4 Å². The second-order valence-corrected chi connectivity index (χ2v) is 7.79. The van der Waals surface area contributed by atoms with Crippen LogP contribution in [0.3, 0.4) is 0 Å². The Hall–Kier alpha value is -3.07. The van der Waals surface area contributed by atoms with Gasteiger partial charge >= 0.3 is 0 Å². The number of rotatable bonds is 7. The lowest BCUT2D eigenvalue weighted by molar-refractivity contribution is 0.462. The topological polar surface area (TPSA) is 116 Å². The van der Waals surface area contributed by atoms with Gasteiger partial charge in [0.1, 0.15) is 18.0 Å². The Balaban J connectivity index is 1.66. The standard InChI is InChI=1S/C21H29N9/c22-15-30(28-23)18-13-19(27-21(14-18)29-10-8-24-9-11-29)16-6-7-25-20(12-16)26-17-4-2-1-3-5-17/h6-7,12-15,17,22-24H,1-5,8-11H2,(H,25,26). The van der Waals surface area contributed by atoms with Gasteiger partial charge in [-0.2, -0.15) is 5.53 Å². The van der Waals surface area contributed by atoms with Crippen LogP contribution in [-0.4, -0.2) is 48.5 Å². The summed E-state index contributed by atoms with van der Waals surface area (Å²) in [6.45, 7) is 3.54. The summed E-state index contributed by atoms with van der Waals surface area (Å²) in [6, 6.07) is 8.23. The van der Waals surface area contributed by atoms with Crippen molar-refractivity contribution in [2.75, 3.05) is 41.4 Å². The quantitative estimate of drug-likeness (QED) is 0.241. The fraction of sp³-hybridized carbons (Fsp3) is 0.476. The molecule has 30 heavy (non-hydrogen) atoms. The van der Waals surface area contributed by atoms with Crippen LogP contribution in [0.1, 0.15) is 32.1 Å². The first-order valence-corrected chi connectivity index (χ1v) is 10.6. The summed E-state index contributed by atoms with van der Waals surface area (Å²) in [7, 11) is 0. The lowest BCUT2D eigenvalue weighted by Gasteiger charge is -2.29. The molecule has 0 radical (unpaired) electrons. The second kappa shape index (κ2) is 9.62. The molecule has 2 aliphatic rings. The van der Waals surface area contributed by atoms with Gasteiger partial charge in [-0.1, -0.05) is 24.5 Å². The number of nitrogens with one attached hydrogen (secondary N) is 4. The first-order chi connectivity index (χ1) is 14.8. The van der Waals surface area contributed by atoms with E-state index in [-0.39, 0.29) is 0 Å². The van der Waals surface area contributed by atoms with E-state index in [4.69, 9.17) is 15.9 Å². The maximum Gasteiger partial charge on any atom is 0.131 e. The number of piperazine rings is 1. The summed E-state index contributed by atoms with van der Waals surface area (Å²) in [4.78, 5) is 11.6. The predicted octanol–water partition coefficient (Wildman–Crippen LogP) is 3.66. The van der Waals surface area contributed by atoms with E-state index in [0.29, 0.717) is 11.7 Å². The minimum absolute atomic E-state index is 0.479. The van der Waals surface area contributed by atoms with Gasteiger partial charge in [0.15, 0.2) is 0 Å². The normalized spacial score (nSPS) is 17.4. The van der Waals surface area contributed by atoms with Crippen molar-refractivity contribution in [3.63, 3.8) is 0 Å². The molecule has 2 aromatic heterocycles. The molecule has 1 aliphatic heterocycles. The van der Waals surface area contributed by atoms with Crippen molar-refractivity contribution in [1.82, 2.24) is 15.3 Å². The zero-order valence-electron chi connectivity index (χ0n) is 17.1. The molecule has 1 saturated carbocycles. The van der Waals surface area contributed by atoms with E-state index in [9.17, 15) is 0 Å². The molecular weight excluding hydrogens is 378 g/mol. The van der Waals surface area contributed by atoms with E-state index in [1.54, 1.807) is 0 Å². The molecular formula is C21H29N9. The van der Waals surface area contributed by atoms with Crippen molar-refractivity contribution in [3.8, 4) is 11.3 Å². The molecule has 2 aromatic rings. The molecule has 0 unspecified atom stereocenters. The Morgan fingerprint density at radius 3 is 2.70 bits per heavy atom. The van der Waals surface area contributed by atoms with Crippen LogP contribution in [-0.2, 0) is 0 Å². The van der Waals surface area contributed by atoms with E-state index in [1.165, 1.54) is 37.1 Å². The molecule has 4 N–H and O–H groups in total. The molecule has 158 valence electrons. The van der Waals surface area contributed by atoms with Crippen molar-refractivity contribution in [2.45, 2.75) is 38.1 Å². The van der Waals surface area contributed by atoms with E-state index < -0.39 is 0 Å². The van der Waals surface area contributed by atoms with Crippen LogP contribution < -0.4 is 20.5 Å². The summed E-state index contributed by atoms with van der Waals surface area (Å²) in [5.41, 5.74) is 9.79. The average Bonchev–Trinajstić information content (AvgIpc) is 2.81. The summed E-state index contributed by atoms with van der Waals surface area (Å²) < 4.78 is 0. The molecule has 2 fully saturated rings. The smallest absolute Gasteiger partial charge is 0.131 e. The van der Waals surface area contributed by atoms with Crippen LogP contribution in [0, 0.1) is 10.9 Å². The maximum absolute atomic E-state index is 7.59. The predicted molar refractivity (Wildman–Crippen MR) is 119 cm³/mol. The second-order valence-electron chi connectivity index (χ2n) is 7.79. The van der Waals surface area contributed by atoms with Gasteiger partial charge in [-0.05, 0) is 31.0 Å². The lowest BCUT2D eigenvalue weighted by atomic mass is 9.95. The van der Waals surface area contributed by atoms with Gasteiger partial charge in [0.2, 0.25) is 0 Å². The molecule has 9 heteroatoms. The zero-order valence-corrected chi connectivity index (χ0v) is 17.1. The molecule has 0 aromatic carbocycles. The Labute approximate surface area is 176 Å². The highest BCUT2D eigenvalue weighted by atomic mass is 15.5. The van der Waals surface area contributed by atoms with Gasteiger partial charge in [-0.3, -0.25) is 5.41 Å². The maximum atomic E-state index is 7.59. The van der Waals surface area contributed by atoms with Crippen LogP contribution >= 0.6 is 0 Å². The zero-order chi connectivity index (χ0) is 20.8. The Kier molecular flexibility index (Phi) is 6.48. The summed E-state index contributed by atoms with van der Waals surface area (Å²) in [5.74, 6) is 1.70. The molecule has 3 heterocycles. The number of pyridine rings is 2. The van der Waals surface area contributed by atoms with Crippen LogP contribution in [0.25, 0.3) is 11.3 Å². The lowest BCUT2D eigenvalue weighted by Crippen LogP contribution is -2.44. The Morgan fingerprint density at radius 1 is 1.17 bits per heavy atom. The minimum Gasteiger partial charge on any atom is -0.367 e. The Morgan fingerprint density at radius 2 is 1.97 bits per heavy atom. The first-order valence-electron chi connectivity index (χ1n) is 10.6. The third kappa shape index (κ3) is 4.73. The molecule has 0 atom stereocenters. The fourth-order valence-electron chi connectivity index (χ4n) is 4.12. The van der Waals surface area contributed by atoms with Gasteiger partial charge in [0, 0.05) is 50.0 Å². The SMILES string of the molecule is N=CN(N=N)c1cc(-c2ccnc(NC3CCCCC3)c2)nc(N2CCNCC2)c1. The number of nitrogens with zero attached hydrogens (tertiary/aromatic N) is 5. The summed E-state index contributed by atoms with van der Waals surface area (Å²) >= 11 is 0. The highest BCUT2D eigenvalue weighted by molar-refractivity contribution is 5.80. The minimum atomic E-state index is 0.479. The highest BCUT2D eigenvalue weighted by Gasteiger charge is 2.17. The van der Waals surface area contributed by atoms with Gasteiger partial charge in [-0.25, -0.2) is 15.0 Å². The van der Waals surface area contributed by atoms with Crippen molar-refractivity contribution < 1.29 is 0 Å². The number of anilines is 3. The van der Waals surface area contributed by atoms with E-state index in [0.717, 1.165) is 55.4 Å². The Bertz CT molecular complexity index is 865. The first kappa shape index (κ1) is 20.2. The molecule has 0 bridgehead atoms. The fourth-order valence-corrected chi connectivity index (χ4v) is 4.12.